The third-order valence-electron chi connectivity index (χ3n) is 9.26. The number of nitrogens with two attached hydrogens (primary N) is 1. The standard InChI is InChI=1S/C36H47N9O7/c1-22(2)16-27(33(37)48)40-35(50)29-21-52-20-25-18-39-43-45(25)15-7-13-31(46)38-19-32(47)44-14-6-12-30(44)36(51)41-28(34(49)42-29)17-24-10-5-9-23-8-3-4-11-26(23)24/h3-5,8-11,18,22,27-30H,6-7,12-17,19-21H2,1-2H3,(H2,37,48)(H,38,46)(H,40,50)(H,41,51)(H,42,49)/t27-,28-,29-,30-/m0/s1. The summed E-state index contributed by atoms with van der Waals surface area (Å²) in [6.45, 7) is 3.81. The average Bonchev–Trinajstić information content (AvgIpc) is 3.79. The van der Waals surface area contributed by atoms with Gasteiger partial charge in [-0.25, -0.2) is 4.68 Å². The molecule has 1 fully saturated rings. The summed E-state index contributed by atoms with van der Waals surface area (Å²) in [6, 6.07) is 8.98. The summed E-state index contributed by atoms with van der Waals surface area (Å²) in [4.78, 5) is 81.4. The average molecular weight is 718 g/mol. The van der Waals surface area contributed by atoms with Crippen LogP contribution >= 0.6 is 0 Å². The van der Waals surface area contributed by atoms with Crippen molar-refractivity contribution < 1.29 is 33.5 Å². The summed E-state index contributed by atoms with van der Waals surface area (Å²) < 4.78 is 7.49. The van der Waals surface area contributed by atoms with Crippen LogP contribution in [0.25, 0.3) is 10.8 Å². The van der Waals surface area contributed by atoms with Crippen molar-refractivity contribution >= 4 is 46.2 Å². The third kappa shape index (κ3) is 9.90. The molecule has 1 saturated heterocycles. The molecule has 52 heavy (non-hydrogen) atoms. The van der Waals surface area contributed by atoms with Crippen molar-refractivity contribution in [2.75, 3.05) is 19.7 Å². The Morgan fingerprint density at radius 1 is 1.02 bits per heavy atom. The van der Waals surface area contributed by atoms with Crippen LogP contribution in [0.3, 0.4) is 0 Å². The van der Waals surface area contributed by atoms with E-state index in [1.165, 1.54) is 11.1 Å². The molecule has 1 aromatic heterocycles. The van der Waals surface area contributed by atoms with Crippen molar-refractivity contribution in [3.05, 3.63) is 59.9 Å². The van der Waals surface area contributed by atoms with E-state index in [0.717, 1.165) is 16.3 Å². The largest absolute Gasteiger partial charge is 0.372 e. The van der Waals surface area contributed by atoms with Crippen molar-refractivity contribution in [2.45, 2.75) is 89.7 Å². The second-order valence-corrected chi connectivity index (χ2v) is 13.6. The van der Waals surface area contributed by atoms with E-state index in [9.17, 15) is 28.8 Å². The molecule has 0 radical (unpaired) electrons. The molecule has 2 aromatic carbocycles. The Labute approximate surface area is 301 Å². The van der Waals surface area contributed by atoms with Gasteiger partial charge in [0.1, 0.15) is 24.2 Å². The minimum atomic E-state index is -1.29. The number of hydrogen-bond acceptors (Lipinski definition) is 9. The van der Waals surface area contributed by atoms with E-state index in [4.69, 9.17) is 10.5 Å². The Morgan fingerprint density at radius 2 is 1.81 bits per heavy atom. The fourth-order valence-corrected chi connectivity index (χ4v) is 6.56. The SMILES string of the molecule is CC(C)C[C@H](NC(=O)[C@@H]1COCc2cnnn2CCCC(=O)NCC(=O)N2CCC[C@H]2C(=O)N[C@@H](Cc2cccc3ccccc23)C(=O)N1)C(N)=O. The van der Waals surface area contributed by atoms with Gasteiger partial charge in [-0.05, 0) is 47.9 Å². The van der Waals surface area contributed by atoms with Crippen molar-refractivity contribution in [1.82, 2.24) is 41.2 Å². The second-order valence-electron chi connectivity index (χ2n) is 13.6. The highest BCUT2D eigenvalue weighted by molar-refractivity contribution is 5.96. The van der Waals surface area contributed by atoms with E-state index in [2.05, 4.69) is 31.6 Å². The first-order valence-corrected chi connectivity index (χ1v) is 17.7. The van der Waals surface area contributed by atoms with Gasteiger partial charge in [-0.2, -0.15) is 0 Å². The number of carbonyl (C=O) groups excluding carboxylic acids is 6. The molecule has 16 nitrogen and oxygen atoms in total. The number of ether oxygens (including phenoxy) is 1. The number of aryl methyl sites for hydroxylation is 1. The Balaban J connectivity index is 1.47. The molecule has 0 saturated carbocycles. The maximum atomic E-state index is 14.2. The lowest BCUT2D eigenvalue weighted by Crippen LogP contribution is -2.59. The van der Waals surface area contributed by atoms with Crippen LogP contribution in [0.5, 0.6) is 0 Å². The molecule has 3 aromatic rings. The molecule has 0 unspecified atom stereocenters. The van der Waals surface area contributed by atoms with Gasteiger partial charge in [0.2, 0.25) is 35.4 Å². The number of benzene rings is 2. The fraction of sp³-hybridized carbons (Fsp3) is 0.500. The van der Waals surface area contributed by atoms with Crippen LogP contribution in [-0.2, 0) is 53.1 Å². The zero-order valence-corrected chi connectivity index (χ0v) is 29.5. The maximum absolute atomic E-state index is 14.2. The van der Waals surface area contributed by atoms with Crippen LogP contribution in [0.1, 0.15) is 57.2 Å². The topological polar surface area (TPSA) is 220 Å². The number of carbonyl (C=O) groups is 6. The van der Waals surface area contributed by atoms with Crippen LogP contribution < -0.4 is 27.0 Å². The number of nitrogens with zero attached hydrogens (tertiary/aromatic N) is 4. The highest BCUT2D eigenvalue weighted by atomic mass is 16.5. The van der Waals surface area contributed by atoms with Crippen LogP contribution in [0.2, 0.25) is 0 Å². The fourth-order valence-electron chi connectivity index (χ4n) is 6.56. The first-order valence-electron chi connectivity index (χ1n) is 17.7. The summed E-state index contributed by atoms with van der Waals surface area (Å²) in [5.74, 6) is -3.32. The maximum Gasteiger partial charge on any atom is 0.245 e. The van der Waals surface area contributed by atoms with Gasteiger partial charge in [-0.1, -0.05) is 61.5 Å². The Bertz CT molecular complexity index is 1770. The van der Waals surface area contributed by atoms with Crippen molar-refractivity contribution in [3.63, 3.8) is 0 Å². The predicted octanol–water partition coefficient (Wildman–Crippen LogP) is 0.0774. The van der Waals surface area contributed by atoms with Gasteiger partial charge in [-0.15, -0.1) is 5.10 Å². The summed E-state index contributed by atoms with van der Waals surface area (Å²) >= 11 is 0. The summed E-state index contributed by atoms with van der Waals surface area (Å²) in [6.07, 6.45) is 3.29. The molecule has 278 valence electrons. The normalized spacial score (nSPS) is 21.8. The zero-order valence-electron chi connectivity index (χ0n) is 29.5. The first kappa shape index (κ1) is 37.9. The van der Waals surface area contributed by atoms with Crippen LogP contribution in [0.15, 0.2) is 48.7 Å². The number of rotatable bonds is 7. The van der Waals surface area contributed by atoms with Gasteiger partial charge >= 0.3 is 0 Å². The Kier molecular flexibility index (Phi) is 12.9. The lowest BCUT2D eigenvalue weighted by molar-refractivity contribution is -0.140. The number of aromatic nitrogens is 3. The van der Waals surface area contributed by atoms with E-state index in [0.29, 0.717) is 38.0 Å². The smallest absolute Gasteiger partial charge is 0.245 e. The van der Waals surface area contributed by atoms with Gasteiger partial charge in [-0.3, -0.25) is 28.8 Å². The number of primary amides is 1. The highest BCUT2D eigenvalue weighted by Gasteiger charge is 2.37. The quantitative estimate of drug-likeness (QED) is 0.223. The lowest BCUT2D eigenvalue weighted by atomic mass is 9.97. The molecule has 6 amide bonds. The third-order valence-corrected chi connectivity index (χ3v) is 9.26. The molecular weight excluding hydrogens is 670 g/mol. The highest BCUT2D eigenvalue weighted by Crippen LogP contribution is 2.22. The van der Waals surface area contributed by atoms with E-state index in [1.807, 2.05) is 56.3 Å². The molecule has 0 bridgehead atoms. The number of amides is 6. The van der Waals surface area contributed by atoms with Gasteiger partial charge in [0, 0.05) is 25.9 Å². The first-order chi connectivity index (χ1) is 25.0. The van der Waals surface area contributed by atoms with Crippen LogP contribution in [0, 0.1) is 5.92 Å². The zero-order chi connectivity index (χ0) is 37.2. The molecular formula is C36H47N9O7. The second kappa shape index (κ2) is 17.7. The molecule has 2 aliphatic heterocycles. The van der Waals surface area contributed by atoms with E-state index in [1.54, 1.807) is 4.68 Å². The molecule has 3 heterocycles. The van der Waals surface area contributed by atoms with Crippen molar-refractivity contribution in [3.8, 4) is 0 Å². The van der Waals surface area contributed by atoms with Crippen molar-refractivity contribution in [2.24, 2.45) is 11.7 Å². The monoisotopic (exact) mass is 717 g/mol. The van der Waals surface area contributed by atoms with Gasteiger partial charge < -0.3 is 36.6 Å². The summed E-state index contributed by atoms with van der Waals surface area (Å²) in [5.41, 5.74) is 6.95. The van der Waals surface area contributed by atoms with Crippen molar-refractivity contribution in [1.29, 1.82) is 0 Å². The molecule has 2 aliphatic rings. The molecule has 6 N–H and O–H groups in total. The molecule has 16 heteroatoms. The Morgan fingerprint density at radius 3 is 2.60 bits per heavy atom. The van der Waals surface area contributed by atoms with Crippen LogP contribution in [-0.4, -0.2) is 99.2 Å². The molecule has 4 atom stereocenters. The van der Waals surface area contributed by atoms with E-state index >= 15 is 0 Å². The lowest BCUT2D eigenvalue weighted by Gasteiger charge is -2.28. The van der Waals surface area contributed by atoms with Gasteiger partial charge in [0.05, 0.1) is 31.6 Å². The number of hydrogen-bond donors (Lipinski definition) is 5. The number of nitrogens with one attached hydrogen (secondary N) is 4. The number of fused-ring (bicyclic) bond motifs is 3. The summed E-state index contributed by atoms with van der Waals surface area (Å²) in [5, 5.41) is 20.8. The van der Waals surface area contributed by atoms with Crippen LogP contribution in [0.4, 0.5) is 0 Å². The predicted molar refractivity (Wildman–Crippen MR) is 189 cm³/mol. The van der Waals surface area contributed by atoms with E-state index < -0.39 is 53.7 Å². The molecule has 5 rings (SSSR count). The van der Waals surface area contributed by atoms with E-state index in [-0.39, 0.29) is 50.8 Å². The molecule has 0 spiro atoms. The van der Waals surface area contributed by atoms with Gasteiger partial charge in [0.15, 0.2) is 0 Å². The minimum Gasteiger partial charge on any atom is -0.372 e. The van der Waals surface area contributed by atoms with Gasteiger partial charge in [0.25, 0.3) is 0 Å². The Hall–Kier alpha value is -5.38. The minimum absolute atomic E-state index is 0.0311. The summed E-state index contributed by atoms with van der Waals surface area (Å²) in [7, 11) is 0. The molecule has 0 aliphatic carbocycles.